The number of hydrazone groups is 1. The fraction of sp³-hybridized carbons (Fsp3) is 0.308. The summed E-state index contributed by atoms with van der Waals surface area (Å²) < 4.78 is 12.8. The van der Waals surface area contributed by atoms with Crippen LogP contribution in [0.3, 0.4) is 0 Å². The molecule has 0 amide bonds. The predicted molar refractivity (Wildman–Crippen MR) is 63.0 cm³/mol. The molecule has 2 atom stereocenters. The lowest BCUT2D eigenvalue weighted by atomic mass is 9.91. The third-order valence-corrected chi connectivity index (χ3v) is 3.20. The minimum Gasteiger partial charge on any atom is -0.262 e. The lowest BCUT2D eigenvalue weighted by molar-refractivity contribution is 0.535. The number of anilines is 1. The number of hydrogen-bond acceptors (Lipinski definition) is 2. The van der Waals surface area contributed by atoms with Crippen molar-refractivity contribution in [2.24, 2.45) is 11.0 Å². The average molecular weight is 216 g/mol. The molecule has 1 aromatic carbocycles. The number of halogens is 1. The van der Waals surface area contributed by atoms with E-state index in [0.29, 0.717) is 12.0 Å². The molecule has 1 aromatic rings. The number of rotatable bonds is 1. The van der Waals surface area contributed by atoms with Gasteiger partial charge in [-0.2, -0.15) is 5.10 Å². The summed E-state index contributed by atoms with van der Waals surface area (Å²) in [4.78, 5) is 0. The fourth-order valence-electron chi connectivity index (χ4n) is 2.36. The van der Waals surface area contributed by atoms with Gasteiger partial charge in [0, 0.05) is 12.1 Å². The van der Waals surface area contributed by atoms with Gasteiger partial charge < -0.3 is 0 Å². The number of allylic oxidation sites excluding steroid dienone is 1. The maximum atomic E-state index is 12.8. The summed E-state index contributed by atoms with van der Waals surface area (Å²) in [5.41, 5.74) is 0.973. The van der Waals surface area contributed by atoms with Crippen molar-refractivity contribution in [2.45, 2.75) is 18.9 Å². The molecule has 2 aliphatic rings. The second-order valence-electron chi connectivity index (χ2n) is 4.24. The van der Waals surface area contributed by atoms with Crippen LogP contribution in [0.2, 0.25) is 0 Å². The molecule has 16 heavy (non-hydrogen) atoms. The first-order chi connectivity index (χ1) is 7.84. The Kier molecular flexibility index (Phi) is 2.24. The molecule has 3 rings (SSSR count). The molecule has 0 aromatic heterocycles. The van der Waals surface area contributed by atoms with Crippen LogP contribution in [0.1, 0.15) is 12.8 Å². The monoisotopic (exact) mass is 216 g/mol. The predicted octanol–water partition coefficient (Wildman–Crippen LogP) is 2.97. The van der Waals surface area contributed by atoms with Crippen molar-refractivity contribution in [3.63, 3.8) is 0 Å². The smallest absolute Gasteiger partial charge is 0.123 e. The molecule has 0 fully saturated rings. The Labute approximate surface area is 94.1 Å². The van der Waals surface area contributed by atoms with Gasteiger partial charge in [-0.3, -0.25) is 5.01 Å². The Hall–Kier alpha value is -1.64. The van der Waals surface area contributed by atoms with Gasteiger partial charge in [-0.1, -0.05) is 12.2 Å². The van der Waals surface area contributed by atoms with Gasteiger partial charge in [0.2, 0.25) is 0 Å². The molecule has 0 unspecified atom stereocenters. The zero-order valence-corrected chi connectivity index (χ0v) is 8.88. The van der Waals surface area contributed by atoms with Crippen LogP contribution in [0.4, 0.5) is 10.1 Å². The van der Waals surface area contributed by atoms with Crippen LogP contribution in [-0.2, 0) is 0 Å². The Balaban J connectivity index is 1.88. The zero-order chi connectivity index (χ0) is 11.0. The van der Waals surface area contributed by atoms with Gasteiger partial charge in [0.15, 0.2) is 0 Å². The van der Waals surface area contributed by atoms with E-state index >= 15 is 0 Å². The van der Waals surface area contributed by atoms with Crippen LogP contribution < -0.4 is 5.01 Å². The van der Waals surface area contributed by atoms with E-state index in [0.717, 1.165) is 18.5 Å². The van der Waals surface area contributed by atoms with Crippen LogP contribution in [0.25, 0.3) is 0 Å². The van der Waals surface area contributed by atoms with Crippen molar-refractivity contribution in [1.82, 2.24) is 0 Å². The topological polar surface area (TPSA) is 15.6 Å². The molecule has 0 spiro atoms. The minimum atomic E-state index is -0.202. The fourth-order valence-corrected chi connectivity index (χ4v) is 2.36. The highest BCUT2D eigenvalue weighted by molar-refractivity contribution is 5.72. The van der Waals surface area contributed by atoms with E-state index < -0.39 is 0 Å². The molecule has 1 aliphatic heterocycles. The standard InChI is InChI=1S/C13H13FN2/c14-11-5-7-12(8-6-11)16-13-4-2-1-3-10(13)9-15-16/h1,3,5-10,13H,2,4H2/t10-,13-/m1/s1. The molecule has 0 bridgehead atoms. The summed E-state index contributed by atoms with van der Waals surface area (Å²) in [5.74, 6) is 0.214. The highest BCUT2D eigenvalue weighted by Crippen LogP contribution is 2.31. The van der Waals surface area contributed by atoms with Crippen LogP contribution in [-0.4, -0.2) is 12.3 Å². The molecule has 0 radical (unpaired) electrons. The summed E-state index contributed by atoms with van der Waals surface area (Å²) in [7, 11) is 0. The first kappa shape index (κ1) is 9.58. The minimum absolute atomic E-state index is 0.202. The molecule has 0 saturated carbocycles. The Morgan fingerprint density at radius 3 is 2.88 bits per heavy atom. The van der Waals surface area contributed by atoms with Crippen molar-refractivity contribution in [1.29, 1.82) is 0 Å². The SMILES string of the molecule is Fc1ccc(N2N=C[C@H]3C=CCC[C@H]32)cc1. The van der Waals surface area contributed by atoms with Crippen LogP contribution in [0, 0.1) is 11.7 Å². The average Bonchev–Trinajstić information content (AvgIpc) is 2.74. The number of benzene rings is 1. The van der Waals surface area contributed by atoms with E-state index in [1.165, 1.54) is 12.1 Å². The molecular formula is C13H13FN2. The molecule has 82 valence electrons. The van der Waals surface area contributed by atoms with Crippen molar-refractivity contribution in [2.75, 3.05) is 5.01 Å². The summed E-state index contributed by atoms with van der Waals surface area (Å²) in [6.07, 6.45) is 8.60. The normalized spacial score (nSPS) is 27.2. The number of nitrogens with zero attached hydrogens (tertiary/aromatic N) is 2. The first-order valence-electron chi connectivity index (χ1n) is 5.60. The molecule has 1 aliphatic carbocycles. The highest BCUT2D eigenvalue weighted by atomic mass is 19.1. The van der Waals surface area contributed by atoms with Gasteiger partial charge in [0.1, 0.15) is 5.82 Å². The summed E-state index contributed by atoms with van der Waals surface area (Å²) >= 11 is 0. The molecule has 3 heteroatoms. The summed E-state index contributed by atoms with van der Waals surface area (Å²) in [5, 5.41) is 6.42. The highest BCUT2D eigenvalue weighted by Gasteiger charge is 2.31. The van der Waals surface area contributed by atoms with E-state index in [-0.39, 0.29) is 5.82 Å². The van der Waals surface area contributed by atoms with Crippen molar-refractivity contribution in [3.05, 3.63) is 42.2 Å². The Morgan fingerprint density at radius 2 is 2.06 bits per heavy atom. The second-order valence-corrected chi connectivity index (χ2v) is 4.24. The van der Waals surface area contributed by atoms with E-state index in [1.807, 2.05) is 11.2 Å². The molecule has 0 saturated heterocycles. The third kappa shape index (κ3) is 1.52. The van der Waals surface area contributed by atoms with Gasteiger partial charge in [-0.05, 0) is 37.1 Å². The zero-order valence-electron chi connectivity index (χ0n) is 8.88. The largest absolute Gasteiger partial charge is 0.262 e. The third-order valence-electron chi connectivity index (χ3n) is 3.20. The van der Waals surface area contributed by atoms with E-state index in [2.05, 4.69) is 17.3 Å². The Morgan fingerprint density at radius 1 is 1.25 bits per heavy atom. The molecule has 0 N–H and O–H groups in total. The van der Waals surface area contributed by atoms with E-state index in [1.54, 1.807) is 12.1 Å². The first-order valence-corrected chi connectivity index (χ1v) is 5.60. The molecule has 1 heterocycles. The summed E-state index contributed by atoms with van der Waals surface area (Å²) in [6, 6.07) is 6.95. The van der Waals surface area contributed by atoms with Gasteiger partial charge in [0.05, 0.1) is 11.7 Å². The quantitative estimate of drug-likeness (QED) is 0.659. The lowest BCUT2D eigenvalue weighted by Crippen LogP contribution is -2.32. The van der Waals surface area contributed by atoms with Crippen molar-refractivity contribution >= 4 is 11.9 Å². The molecular weight excluding hydrogens is 203 g/mol. The summed E-state index contributed by atoms with van der Waals surface area (Å²) in [6.45, 7) is 0. The van der Waals surface area contributed by atoms with Crippen molar-refractivity contribution < 1.29 is 4.39 Å². The van der Waals surface area contributed by atoms with E-state index in [4.69, 9.17) is 0 Å². The lowest BCUT2D eigenvalue weighted by Gasteiger charge is -2.28. The van der Waals surface area contributed by atoms with Gasteiger partial charge in [0.25, 0.3) is 0 Å². The Bertz CT molecular complexity index is 436. The molecule has 2 nitrogen and oxygen atoms in total. The van der Waals surface area contributed by atoms with Gasteiger partial charge in [-0.15, -0.1) is 0 Å². The number of hydrogen-bond donors (Lipinski definition) is 0. The maximum absolute atomic E-state index is 12.8. The van der Waals surface area contributed by atoms with Crippen LogP contribution in [0.15, 0.2) is 41.5 Å². The number of fused-ring (bicyclic) bond motifs is 1. The maximum Gasteiger partial charge on any atom is 0.123 e. The van der Waals surface area contributed by atoms with Crippen molar-refractivity contribution in [3.8, 4) is 0 Å². The van der Waals surface area contributed by atoms with Gasteiger partial charge in [-0.25, -0.2) is 4.39 Å². The van der Waals surface area contributed by atoms with Crippen LogP contribution in [0.5, 0.6) is 0 Å². The van der Waals surface area contributed by atoms with E-state index in [9.17, 15) is 4.39 Å². The van der Waals surface area contributed by atoms with Gasteiger partial charge >= 0.3 is 0 Å². The second kappa shape index (κ2) is 3.74. The van der Waals surface area contributed by atoms with Crippen LogP contribution >= 0.6 is 0 Å².